The Morgan fingerprint density at radius 3 is 3.22 bits per heavy atom. The number of hydrogen-bond donors (Lipinski definition) is 0. The van der Waals surface area contributed by atoms with E-state index in [9.17, 15) is 0 Å². The third-order valence-corrected chi connectivity index (χ3v) is 0.805. The van der Waals surface area contributed by atoms with Crippen LogP contribution in [0, 0.1) is 0 Å². The lowest BCUT2D eigenvalue weighted by molar-refractivity contribution is 0.105. The maximum absolute atomic E-state index is 4.98. The molecule has 0 radical (unpaired) electrons. The second kappa shape index (κ2) is 2.91. The predicted molar refractivity (Wildman–Crippen MR) is 33.9 cm³/mol. The average molecular weight is 124 g/mol. The molecule has 0 aliphatic carbocycles. The van der Waals surface area contributed by atoms with E-state index in [2.05, 4.69) is 11.7 Å². The first-order valence-electron chi connectivity index (χ1n) is 2.67. The number of nitrogens with zero attached hydrogens (tertiary/aromatic N) is 2. The Balaban J connectivity index is 2.38. The Labute approximate surface area is 53.5 Å². The summed E-state index contributed by atoms with van der Waals surface area (Å²) < 4.78 is 0. The quantitative estimate of drug-likeness (QED) is 0.548. The van der Waals surface area contributed by atoms with Crippen molar-refractivity contribution >= 4 is 0 Å². The minimum absolute atomic E-state index is 0.488. The lowest BCUT2D eigenvalue weighted by Gasteiger charge is -1.98. The van der Waals surface area contributed by atoms with Crippen LogP contribution in [0.5, 0.6) is 0 Å². The summed E-state index contributed by atoms with van der Waals surface area (Å²) in [6.07, 6.45) is 5.05. The summed E-state index contributed by atoms with van der Waals surface area (Å²) in [5.74, 6) is 0. The van der Waals surface area contributed by atoms with E-state index in [1.165, 1.54) is 4.85 Å². The van der Waals surface area contributed by atoms with Crippen LogP contribution < -0.4 is 4.84 Å². The van der Waals surface area contributed by atoms with Crippen LogP contribution in [0.25, 0.3) is 0 Å². The van der Waals surface area contributed by atoms with Gasteiger partial charge in [-0.3, -0.25) is 0 Å². The molecule has 0 aliphatic heterocycles. The molecule has 1 rings (SSSR count). The molecule has 0 fully saturated rings. The monoisotopic (exact) mass is 124 g/mol. The summed E-state index contributed by atoms with van der Waals surface area (Å²) in [6, 6.07) is 1.79. The Bertz CT molecular complexity index is 169. The van der Waals surface area contributed by atoms with E-state index in [4.69, 9.17) is 4.84 Å². The zero-order chi connectivity index (χ0) is 6.53. The van der Waals surface area contributed by atoms with Crippen molar-refractivity contribution in [2.45, 2.75) is 0 Å². The van der Waals surface area contributed by atoms with Gasteiger partial charge in [-0.2, -0.15) is 0 Å². The van der Waals surface area contributed by atoms with Gasteiger partial charge >= 0.3 is 0 Å². The molecule has 1 aromatic heterocycles. The summed E-state index contributed by atoms with van der Waals surface area (Å²) in [7, 11) is 0. The maximum atomic E-state index is 4.98. The van der Waals surface area contributed by atoms with Gasteiger partial charge in [0.15, 0.2) is 0 Å². The highest BCUT2D eigenvalue weighted by Crippen LogP contribution is 1.78. The minimum atomic E-state index is 0.488. The third kappa shape index (κ3) is 1.60. The topological polar surface area (TPSA) is 27.1 Å². The molecule has 0 N–H and O–H groups in total. The van der Waals surface area contributed by atoms with Crippen LogP contribution in [-0.2, 0) is 0 Å². The van der Waals surface area contributed by atoms with Crippen LogP contribution in [0.4, 0.5) is 0 Å². The molecule has 0 saturated heterocycles. The highest BCUT2D eigenvalue weighted by atomic mass is 16.7. The fourth-order valence-corrected chi connectivity index (χ4v) is 0.460. The molecule has 9 heavy (non-hydrogen) atoms. The molecule has 1 aromatic rings. The molecule has 3 nitrogen and oxygen atoms in total. The van der Waals surface area contributed by atoms with Crippen molar-refractivity contribution in [2.24, 2.45) is 0 Å². The second-order valence-corrected chi connectivity index (χ2v) is 1.49. The molecule has 0 unspecified atom stereocenters. The molecule has 0 saturated carbocycles. The van der Waals surface area contributed by atoms with Gasteiger partial charge in [-0.25, -0.2) is 0 Å². The van der Waals surface area contributed by atoms with Gasteiger partial charge in [-0.1, -0.05) is 12.7 Å². The zero-order valence-electron chi connectivity index (χ0n) is 5.03. The fraction of sp³-hybridized carbons (Fsp3) is 0.167. The second-order valence-electron chi connectivity index (χ2n) is 1.49. The van der Waals surface area contributed by atoms with E-state index >= 15 is 0 Å². The summed E-state index contributed by atoms with van der Waals surface area (Å²) in [5.41, 5.74) is 0. The van der Waals surface area contributed by atoms with Crippen molar-refractivity contribution < 1.29 is 4.84 Å². The lowest BCUT2D eigenvalue weighted by Crippen LogP contribution is -2.10. The Hall–Kier alpha value is -1.25. The summed E-state index contributed by atoms with van der Waals surface area (Å²) >= 11 is 0. The van der Waals surface area contributed by atoms with Gasteiger partial charge in [0.05, 0.1) is 12.4 Å². The van der Waals surface area contributed by atoms with E-state index in [1.807, 2.05) is 0 Å². The summed E-state index contributed by atoms with van der Waals surface area (Å²) in [6.45, 7) is 3.98. The standard InChI is InChI=1S/C6H8N2O/c1-2-6-9-8-5-3-4-7-8/h2-5H,1,6H2. The van der Waals surface area contributed by atoms with Gasteiger partial charge in [0, 0.05) is 0 Å². The van der Waals surface area contributed by atoms with Crippen LogP contribution in [0.1, 0.15) is 0 Å². The van der Waals surface area contributed by atoms with E-state index in [0.717, 1.165) is 0 Å². The summed E-state index contributed by atoms with van der Waals surface area (Å²) in [4.78, 5) is 6.37. The first kappa shape index (κ1) is 5.88. The first-order chi connectivity index (χ1) is 4.43. The van der Waals surface area contributed by atoms with Crippen molar-refractivity contribution in [3.63, 3.8) is 0 Å². The first-order valence-corrected chi connectivity index (χ1v) is 2.67. The van der Waals surface area contributed by atoms with Gasteiger partial charge in [0.2, 0.25) is 0 Å². The Kier molecular flexibility index (Phi) is 1.90. The van der Waals surface area contributed by atoms with E-state index in [-0.39, 0.29) is 0 Å². The average Bonchev–Trinajstić information content (AvgIpc) is 2.34. The lowest BCUT2D eigenvalue weighted by atomic mass is 10.7. The maximum Gasteiger partial charge on any atom is 0.135 e. The molecule has 0 aromatic carbocycles. The van der Waals surface area contributed by atoms with Crippen LogP contribution in [0.3, 0.4) is 0 Å². The molecular weight excluding hydrogens is 116 g/mol. The normalized spacial score (nSPS) is 8.89. The number of aromatic nitrogens is 2. The molecule has 1 heterocycles. The molecular formula is C6H8N2O. The fourth-order valence-electron chi connectivity index (χ4n) is 0.460. The molecule has 48 valence electrons. The zero-order valence-corrected chi connectivity index (χ0v) is 5.03. The van der Waals surface area contributed by atoms with Crippen molar-refractivity contribution in [2.75, 3.05) is 6.61 Å². The van der Waals surface area contributed by atoms with Gasteiger partial charge < -0.3 is 4.84 Å². The number of hydrogen-bond acceptors (Lipinski definition) is 2. The van der Waals surface area contributed by atoms with Crippen molar-refractivity contribution in [3.05, 3.63) is 31.1 Å². The third-order valence-electron chi connectivity index (χ3n) is 0.805. The molecule has 0 bridgehead atoms. The predicted octanol–water partition coefficient (Wildman–Crippen LogP) is 0.498. The highest BCUT2D eigenvalue weighted by Gasteiger charge is 1.82. The van der Waals surface area contributed by atoms with Crippen molar-refractivity contribution in [3.8, 4) is 0 Å². The van der Waals surface area contributed by atoms with E-state index < -0.39 is 0 Å². The van der Waals surface area contributed by atoms with Crippen molar-refractivity contribution in [1.82, 2.24) is 9.94 Å². The number of rotatable bonds is 3. The Morgan fingerprint density at radius 1 is 1.78 bits per heavy atom. The molecule has 0 atom stereocenters. The Morgan fingerprint density at radius 2 is 2.67 bits per heavy atom. The van der Waals surface area contributed by atoms with Crippen LogP contribution in [0.15, 0.2) is 31.1 Å². The molecule has 0 amide bonds. The summed E-state index contributed by atoms with van der Waals surface area (Å²) in [5, 5.41) is 3.80. The van der Waals surface area contributed by atoms with Gasteiger partial charge in [-0.05, 0) is 6.07 Å². The van der Waals surface area contributed by atoms with E-state index in [0.29, 0.717) is 6.61 Å². The van der Waals surface area contributed by atoms with Crippen LogP contribution in [0.2, 0.25) is 0 Å². The van der Waals surface area contributed by atoms with Gasteiger partial charge in [0.25, 0.3) is 0 Å². The van der Waals surface area contributed by atoms with Crippen molar-refractivity contribution in [1.29, 1.82) is 0 Å². The van der Waals surface area contributed by atoms with Crippen LogP contribution >= 0.6 is 0 Å². The smallest absolute Gasteiger partial charge is 0.135 e. The molecule has 0 spiro atoms. The largest absolute Gasteiger partial charge is 0.393 e. The minimum Gasteiger partial charge on any atom is -0.393 e. The highest BCUT2D eigenvalue weighted by molar-refractivity contribution is 4.75. The van der Waals surface area contributed by atoms with Crippen LogP contribution in [-0.4, -0.2) is 16.6 Å². The SMILES string of the molecule is C=CCOn1cccn1. The molecule has 0 aliphatic rings. The molecule has 3 heteroatoms. The van der Waals surface area contributed by atoms with Gasteiger partial charge in [0.1, 0.15) is 6.61 Å². The van der Waals surface area contributed by atoms with E-state index in [1.54, 1.807) is 24.5 Å². The van der Waals surface area contributed by atoms with Gasteiger partial charge in [-0.15, -0.1) is 9.94 Å².